The lowest BCUT2D eigenvalue weighted by Crippen LogP contribution is -2.32. The summed E-state index contributed by atoms with van der Waals surface area (Å²) in [5.74, 6) is 2.13. The molecule has 0 atom stereocenters. The molecule has 1 fully saturated rings. The molecule has 2 aliphatic heterocycles. The van der Waals surface area contributed by atoms with Gasteiger partial charge in [-0.15, -0.1) is 0 Å². The van der Waals surface area contributed by atoms with Gasteiger partial charge < -0.3 is 14.6 Å². The Morgan fingerprint density at radius 1 is 1.21 bits per heavy atom. The maximum atomic E-state index is 12.9. The molecule has 2 aliphatic rings. The Hall–Kier alpha value is -2.79. The maximum Gasteiger partial charge on any atom is 0.231 e. The molecule has 4 rings (SSSR count). The second-order valence-electron chi connectivity index (χ2n) is 7.58. The number of benzene rings is 2. The molecule has 2 aromatic carbocycles. The van der Waals surface area contributed by atoms with E-state index < -0.39 is 0 Å². The molecule has 2 aromatic rings. The van der Waals surface area contributed by atoms with Crippen LogP contribution in [0.4, 0.5) is 0 Å². The lowest BCUT2D eigenvalue weighted by Gasteiger charge is -2.30. The van der Waals surface area contributed by atoms with Gasteiger partial charge in [0.05, 0.1) is 18.2 Å². The van der Waals surface area contributed by atoms with E-state index in [0.717, 1.165) is 37.4 Å². The minimum atomic E-state index is -0.172. The van der Waals surface area contributed by atoms with E-state index in [1.165, 1.54) is 0 Å². The van der Waals surface area contributed by atoms with Crippen LogP contribution in [0.5, 0.6) is 17.2 Å². The van der Waals surface area contributed by atoms with Crippen molar-refractivity contribution in [3.63, 3.8) is 0 Å². The second kappa shape index (κ2) is 7.68. The Balaban J connectivity index is 1.64. The molecule has 0 aromatic heterocycles. The third-order valence-corrected chi connectivity index (χ3v) is 5.60. The number of nitrogens with zero attached hydrogens (tertiary/aromatic N) is 1. The number of methoxy groups -OCH3 is 1. The van der Waals surface area contributed by atoms with Crippen molar-refractivity contribution in [1.82, 2.24) is 4.90 Å². The number of likely N-dealkylation sites (tertiary alicyclic amines) is 1. The zero-order valence-corrected chi connectivity index (χ0v) is 16.3. The summed E-state index contributed by atoms with van der Waals surface area (Å²) >= 11 is 0. The van der Waals surface area contributed by atoms with E-state index in [-0.39, 0.29) is 17.3 Å². The molecule has 0 radical (unpaired) electrons. The summed E-state index contributed by atoms with van der Waals surface area (Å²) in [7, 11) is 1.60. The van der Waals surface area contributed by atoms with Crippen LogP contribution < -0.4 is 9.47 Å². The van der Waals surface area contributed by atoms with Gasteiger partial charge in [0, 0.05) is 12.1 Å². The number of carbonyl (C=O) groups excluding carboxylic acids is 1. The van der Waals surface area contributed by atoms with Crippen molar-refractivity contribution in [1.29, 1.82) is 0 Å². The highest BCUT2D eigenvalue weighted by Gasteiger charge is 2.32. The molecule has 0 bridgehead atoms. The summed E-state index contributed by atoms with van der Waals surface area (Å²) in [6, 6.07) is 10.7. The molecule has 0 aliphatic carbocycles. The molecule has 0 unspecified atom stereocenters. The molecule has 146 valence electrons. The van der Waals surface area contributed by atoms with E-state index in [1.807, 2.05) is 24.3 Å². The molecule has 0 saturated carbocycles. The van der Waals surface area contributed by atoms with E-state index >= 15 is 0 Å². The third kappa shape index (κ3) is 3.50. The number of rotatable bonds is 4. The SMILES string of the molecule is COc1ccccc1C=C1Oc2c(ccc(O)c2CN2CCC(C)CC2)C1=O. The second-order valence-corrected chi connectivity index (χ2v) is 7.58. The number of Topliss-reactive ketones (excluding diaryl/α,β-unsaturated/α-hetero) is 1. The van der Waals surface area contributed by atoms with E-state index in [2.05, 4.69) is 11.8 Å². The first-order valence-corrected chi connectivity index (χ1v) is 9.71. The quantitative estimate of drug-likeness (QED) is 0.805. The zero-order chi connectivity index (χ0) is 19.7. The van der Waals surface area contributed by atoms with Gasteiger partial charge in [-0.05, 0) is 56.1 Å². The summed E-state index contributed by atoms with van der Waals surface area (Å²) in [4.78, 5) is 15.2. The molecular formula is C23H25NO4. The number of phenols is 1. The highest BCUT2D eigenvalue weighted by molar-refractivity contribution is 6.15. The highest BCUT2D eigenvalue weighted by atomic mass is 16.5. The monoisotopic (exact) mass is 379 g/mol. The van der Waals surface area contributed by atoms with Gasteiger partial charge >= 0.3 is 0 Å². The number of hydrogen-bond donors (Lipinski definition) is 1. The topological polar surface area (TPSA) is 59.0 Å². The lowest BCUT2D eigenvalue weighted by atomic mass is 9.98. The summed E-state index contributed by atoms with van der Waals surface area (Å²) < 4.78 is 11.3. The number of fused-ring (bicyclic) bond motifs is 1. The van der Waals surface area contributed by atoms with Crippen LogP contribution in [0.1, 0.15) is 41.3 Å². The number of ketones is 1. The Bertz CT molecular complexity index is 926. The van der Waals surface area contributed by atoms with Crippen LogP contribution in [0.2, 0.25) is 0 Å². The zero-order valence-electron chi connectivity index (χ0n) is 16.3. The van der Waals surface area contributed by atoms with Crippen molar-refractivity contribution in [2.75, 3.05) is 20.2 Å². The van der Waals surface area contributed by atoms with E-state index in [1.54, 1.807) is 25.3 Å². The van der Waals surface area contributed by atoms with Crippen LogP contribution in [-0.2, 0) is 6.54 Å². The van der Waals surface area contributed by atoms with E-state index in [0.29, 0.717) is 29.2 Å². The fourth-order valence-corrected chi connectivity index (χ4v) is 3.82. The van der Waals surface area contributed by atoms with Gasteiger partial charge in [-0.1, -0.05) is 25.1 Å². The van der Waals surface area contributed by atoms with E-state index in [9.17, 15) is 9.90 Å². The Labute approximate surface area is 165 Å². The Morgan fingerprint density at radius 2 is 1.96 bits per heavy atom. The van der Waals surface area contributed by atoms with Gasteiger partial charge in [-0.3, -0.25) is 9.69 Å². The number of aromatic hydroxyl groups is 1. The number of allylic oxidation sites excluding steroid dienone is 1. The van der Waals surface area contributed by atoms with Crippen LogP contribution in [-0.4, -0.2) is 36.0 Å². The van der Waals surface area contributed by atoms with Gasteiger partial charge in [-0.25, -0.2) is 0 Å². The molecule has 1 saturated heterocycles. The fraction of sp³-hybridized carbons (Fsp3) is 0.348. The van der Waals surface area contributed by atoms with Crippen LogP contribution in [0.15, 0.2) is 42.2 Å². The number of piperidine rings is 1. The maximum absolute atomic E-state index is 12.9. The van der Waals surface area contributed by atoms with E-state index in [4.69, 9.17) is 9.47 Å². The summed E-state index contributed by atoms with van der Waals surface area (Å²) in [5.41, 5.74) is 1.96. The molecule has 5 nitrogen and oxygen atoms in total. The molecule has 2 heterocycles. The first kappa shape index (κ1) is 18.6. The number of ether oxygens (including phenoxy) is 2. The van der Waals surface area contributed by atoms with Gasteiger partial charge in [0.2, 0.25) is 5.78 Å². The van der Waals surface area contributed by atoms with Crippen LogP contribution in [0.25, 0.3) is 6.08 Å². The molecule has 28 heavy (non-hydrogen) atoms. The number of phenolic OH excluding ortho intramolecular Hbond substituents is 1. The largest absolute Gasteiger partial charge is 0.507 e. The van der Waals surface area contributed by atoms with Crippen molar-refractivity contribution in [3.05, 3.63) is 58.8 Å². The normalized spacial score (nSPS) is 18.9. The van der Waals surface area contributed by atoms with Gasteiger partial charge in [0.1, 0.15) is 17.2 Å². The molecular weight excluding hydrogens is 354 g/mol. The highest BCUT2D eigenvalue weighted by Crippen LogP contribution is 2.41. The van der Waals surface area contributed by atoms with Crippen LogP contribution >= 0.6 is 0 Å². The van der Waals surface area contributed by atoms with Crippen molar-refractivity contribution >= 4 is 11.9 Å². The lowest BCUT2D eigenvalue weighted by molar-refractivity contribution is 0.101. The smallest absolute Gasteiger partial charge is 0.231 e. The molecule has 5 heteroatoms. The average molecular weight is 379 g/mol. The summed E-state index contributed by atoms with van der Waals surface area (Å²) in [5, 5.41) is 10.4. The Kier molecular flexibility index (Phi) is 5.09. The van der Waals surface area contributed by atoms with Crippen LogP contribution in [0, 0.1) is 5.92 Å². The standard InChI is InChI=1S/C23H25NO4/c1-15-9-11-24(12-10-15)14-18-19(25)8-7-17-22(26)21(28-23(17)18)13-16-5-3-4-6-20(16)27-2/h3-8,13,15,25H,9-12,14H2,1-2H3. The van der Waals surface area contributed by atoms with Crippen molar-refractivity contribution in [2.24, 2.45) is 5.92 Å². The number of para-hydroxylation sites is 1. The summed E-state index contributed by atoms with van der Waals surface area (Å²) in [6.45, 7) is 4.83. The average Bonchev–Trinajstić information content (AvgIpc) is 3.02. The van der Waals surface area contributed by atoms with Crippen molar-refractivity contribution < 1.29 is 19.4 Å². The van der Waals surface area contributed by atoms with Crippen molar-refractivity contribution in [3.8, 4) is 17.2 Å². The van der Waals surface area contributed by atoms with Gasteiger partial charge in [-0.2, -0.15) is 0 Å². The minimum Gasteiger partial charge on any atom is -0.507 e. The summed E-state index contributed by atoms with van der Waals surface area (Å²) in [6.07, 6.45) is 3.99. The predicted octanol–water partition coefficient (Wildman–Crippen LogP) is 4.25. The molecule has 1 N–H and O–H groups in total. The van der Waals surface area contributed by atoms with Gasteiger partial charge in [0.25, 0.3) is 0 Å². The fourth-order valence-electron chi connectivity index (χ4n) is 3.82. The number of hydrogen-bond acceptors (Lipinski definition) is 5. The van der Waals surface area contributed by atoms with Crippen LogP contribution in [0.3, 0.4) is 0 Å². The first-order chi connectivity index (χ1) is 13.6. The Morgan fingerprint density at radius 3 is 2.71 bits per heavy atom. The predicted molar refractivity (Wildman–Crippen MR) is 108 cm³/mol. The van der Waals surface area contributed by atoms with Crippen molar-refractivity contribution in [2.45, 2.75) is 26.3 Å². The van der Waals surface area contributed by atoms with Gasteiger partial charge in [0.15, 0.2) is 5.76 Å². The molecule has 0 spiro atoms. The molecule has 0 amide bonds. The third-order valence-electron chi connectivity index (χ3n) is 5.60. The minimum absolute atomic E-state index is 0.170. The number of carbonyl (C=O) groups is 1. The first-order valence-electron chi connectivity index (χ1n) is 9.71.